The Morgan fingerprint density at radius 1 is 1.10 bits per heavy atom. The standard InChI is InChI=1S/C28H32F3N7O2Si/c1-18-15-37(21-8-6-20(7-9-21)28(29,30)31)27(39)25-22(14-34-38(18)25)23-16-36(17-40-11-12-41(2,3)4)26(35-23)19-5-10-24(32)33-13-19/h5-10,13-14,16,18H,11-12,15,17H2,1-4H3,(H2,32,33)/t18-/m0/s1. The molecule has 0 radical (unpaired) electrons. The van der Waals surface area contributed by atoms with Gasteiger partial charge < -0.3 is 19.9 Å². The van der Waals surface area contributed by atoms with Gasteiger partial charge in [0.15, 0.2) is 0 Å². The lowest BCUT2D eigenvalue weighted by atomic mass is 10.1. The second-order valence-electron chi connectivity index (χ2n) is 11.4. The SMILES string of the molecule is C[C@H]1CN(c2ccc(C(F)(F)F)cc2)C(=O)c2c(-c3cn(COCC[Si](C)(C)C)c(-c4ccc(N)nc4)n3)cnn21. The van der Waals surface area contributed by atoms with Crippen LogP contribution in [-0.2, 0) is 17.6 Å². The number of pyridine rings is 1. The van der Waals surface area contributed by atoms with Crippen LogP contribution in [0.4, 0.5) is 24.7 Å². The summed E-state index contributed by atoms with van der Waals surface area (Å²) in [6.45, 7) is 9.89. The van der Waals surface area contributed by atoms with Gasteiger partial charge >= 0.3 is 6.18 Å². The lowest BCUT2D eigenvalue weighted by Gasteiger charge is -2.32. The molecule has 5 rings (SSSR count). The Bertz CT molecular complexity index is 1540. The van der Waals surface area contributed by atoms with E-state index in [1.807, 2.05) is 23.8 Å². The molecule has 1 aliphatic heterocycles. The number of nitrogens with two attached hydrogens (primary N) is 1. The van der Waals surface area contributed by atoms with E-state index in [1.165, 1.54) is 17.0 Å². The summed E-state index contributed by atoms with van der Waals surface area (Å²) in [6, 6.07) is 8.90. The number of hydrogen-bond acceptors (Lipinski definition) is 6. The topological polar surface area (TPSA) is 104 Å². The number of imidazole rings is 1. The quantitative estimate of drug-likeness (QED) is 0.203. The molecular weight excluding hydrogens is 551 g/mol. The minimum absolute atomic E-state index is 0.216. The van der Waals surface area contributed by atoms with Crippen molar-refractivity contribution >= 4 is 25.5 Å². The average molecular weight is 584 g/mol. The van der Waals surface area contributed by atoms with Gasteiger partial charge in [-0.15, -0.1) is 0 Å². The molecule has 1 aliphatic rings. The van der Waals surface area contributed by atoms with Crippen molar-refractivity contribution in [1.29, 1.82) is 0 Å². The van der Waals surface area contributed by atoms with E-state index < -0.39 is 19.8 Å². The van der Waals surface area contributed by atoms with Crippen LogP contribution in [-0.4, -0.2) is 51.4 Å². The molecule has 41 heavy (non-hydrogen) atoms. The second-order valence-corrected chi connectivity index (χ2v) is 17.0. The molecule has 4 aromatic rings. The zero-order valence-electron chi connectivity index (χ0n) is 23.3. The molecule has 0 unspecified atom stereocenters. The molecule has 13 heteroatoms. The number of benzene rings is 1. The van der Waals surface area contributed by atoms with E-state index in [1.54, 1.807) is 23.1 Å². The minimum Gasteiger partial charge on any atom is -0.384 e. The number of amides is 1. The van der Waals surface area contributed by atoms with Gasteiger partial charge in [-0.25, -0.2) is 9.97 Å². The van der Waals surface area contributed by atoms with Crippen molar-refractivity contribution in [1.82, 2.24) is 24.3 Å². The summed E-state index contributed by atoms with van der Waals surface area (Å²) in [7, 11) is -1.28. The summed E-state index contributed by atoms with van der Waals surface area (Å²) in [5.74, 6) is 0.607. The number of hydrogen-bond donors (Lipinski definition) is 1. The van der Waals surface area contributed by atoms with Crippen LogP contribution < -0.4 is 10.6 Å². The molecule has 0 aliphatic carbocycles. The number of anilines is 2. The van der Waals surface area contributed by atoms with Crippen LogP contribution in [0.1, 0.15) is 29.0 Å². The van der Waals surface area contributed by atoms with Crippen molar-refractivity contribution in [2.45, 2.75) is 51.6 Å². The van der Waals surface area contributed by atoms with Crippen LogP contribution in [0.25, 0.3) is 22.6 Å². The maximum absolute atomic E-state index is 13.8. The molecule has 0 saturated carbocycles. The van der Waals surface area contributed by atoms with Crippen molar-refractivity contribution < 1.29 is 22.7 Å². The van der Waals surface area contributed by atoms with Gasteiger partial charge in [0, 0.05) is 44.9 Å². The first-order chi connectivity index (χ1) is 19.3. The molecule has 0 fully saturated rings. The van der Waals surface area contributed by atoms with E-state index >= 15 is 0 Å². The molecule has 9 nitrogen and oxygen atoms in total. The van der Waals surface area contributed by atoms with Gasteiger partial charge in [-0.1, -0.05) is 19.6 Å². The van der Waals surface area contributed by atoms with Crippen LogP contribution in [0, 0.1) is 0 Å². The first kappa shape index (κ1) is 28.6. The Balaban J connectivity index is 1.49. The van der Waals surface area contributed by atoms with Crippen LogP contribution in [0.3, 0.4) is 0 Å². The van der Waals surface area contributed by atoms with Gasteiger partial charge in [0.05, 0.1) is 29.1 Å². The number of aromatic nitrogens is 5. The normalized spacial score (nSPS) is 15.8. The summed E-state index contributed by atoms with van der Waals surface area (Å²) >= 11 is 0. The summed E-state index contributed by atoms with van der Waals surface area (Å²) in [5, 5.41) is 4.48. The van der Waals surface area contributed by atoms with Gasteiger partial charge in [0.1, 0.15) is 24.1 Å². The van der Waals surface area contributed by atoms with Crippen molar-refractivity contribution in [3.63, 3.8) is 0 Å². The highest BCUT2D eigenvalue weighted by Gasteiger charge is 2.35. The van der Waals surface area contributed by atoms with Crippen LogP contribution in [0.2, 0.25) is 25.7 Å². The lowest BCUT2D eigenvalue weighted by Crippen LogP contribution is -2.42. The Kier molecular flexibility index (Phi) is 7.51. The zero-order chi connectivity index (χ0) is 29.5. The third-order valence-corrected chi connectivity index (χ3v) is 8.64. The monoisotopic (exact) mass is 583 g/mol. The highest BCUT2D eigenvalue weighted by atomic mass is 28.3. The van der Waals surface area contributed by atoms with Crippen molar-refractivity contribution in [3.8, 4) is 22.6 Å². The molecule has 4 heterocycles. The third-order valence-electron chi connectivity index (χ3n) is 6.94. The number of rotatable bonds is 8. The number of nitrogens with zero attached hydrogens (tertiary/aromatic N) is 6. The summed E-state index contributed by atoms with van der Waals surface area (Å²) in [6.07, 6.45) is 0.586. The van der Waals surface area contributed by atoms with Crippen LogP contribution >= 0.6 is 0 Å². The molecule has 216 valence electrons. The number of carbonyl (C=O) groups is 1. The predicted octanol–water partition coefficient (Wildman–Crippen LogP) is 5.94. The molecule has 2 N–H and O–H groups in total. The maximum atomic E-state index is 13.8. The lowest BCUT2D eigenvalue weighted by molar-refractivity contribution is -0.137. The fourth-order valence-corrected chi connectivity index (χ4v) is 5.41. The number of nitrogen functional groups attached to an aromatic ring is 1. The maximum Gasteiger partial charge on any atom is 0.416 e. The van der Waals surface area contributed by atoms with Crippen molar-refractivity contribution in [2.24, 2.45) is 0 Å². The van der Waals surface area contributed by atoms with E-state index in [0.717, 1.165) is 23.7 Å². The first-order valence-corrected chi connectivity index (χ1v) is 17.0. The molecule has 0 spiro atoms. The molecule has 3 aromatic heterocycles. The first-order valence-electron chi connectivity index (χ1n) is 13.3. The van der Waals surface area contributed by atoms with Gasteiger partial charge in [0.2, 0.25) is 0 Å². The van der Waals surface area contributed by atoms with Gasteiger partial charge in [-0.2, -0.15) is 18.3 Å². The number of alkyl halides is 3. The number of carbonyl (C=O) groups excluding carboxylic acids is 1. The Morgan fingerprint density at radius 3 is 2.46 bits per heavy atom. The third kappa shape index (κ3) is 6.05. The highest BCUT2D eigenvalue weighted by Crippen LogP contribution is 2.35. The summed E-state index contributed by atoms with van der Waals surface area (Å²) in [4.78, 5) is 24.3. The molecule has 0 bridgehead atoms. The largest absolute Gasteiger partial charge is 0.416 e. The number of halogens is 3. The van der Waals surface area contributed by atoms with Crippen LogP contribution in [0.15, 0.2) is 55.0 Å². The Hall–Kier alpha value is -3.97. The predicted molar refractivity (Wildman–Crippen MR) is 153 cm³/mol. The van der Waals surface area contributed by atoms with Gasteiger partial charge in [-0.3, -0.25) is 9.48 Å². The number of ether oxygens (including phenoxy) is 1. The summed E-state index contributed by atoms with van der Waals surface area (Å²) in [5.41, 5.74) is 7.47. The fourth-order valence-electron chi connectivity index (χ4n) is 4.66. The van der Waals surface area contributed by atoms with E-state index in [2.05, 4.69) is 29.7 Å². The van der Waals surface area contributed by atoms with Gasteiger partial charge in [0.25, 0.3) is 5.91 Å². The van der Waals surface area contributed by atoms with Crippen molar-refractivity contribution in [3.05, 3.63) is 66.2 Å². The van der Waals surface area contributed by atoms with Crippen molar-refractivity contribution in [2.75, 3.05) is 23.8 Å². The van der Waals surface area contributed by atoms with E-state index in [-0.39, 0.29) is 25.2 Å². The molecule has 0 saturated heterocycles. The molecule has 1 atom stereocenters. The summed E-state index contributed by atoms with van der Waals surface area (Å²) < 4.78 is 48.8. The smallest absolute Gasteiger partial charge is 0.384 e. The Morgan fingerprint density at radius 2 is 1.83 bits per heavy atom. The number of fused-ring (bicyclic) bond motifs is 1. The Labute approximate surface area is 236 Å². The molecule has 1 aromatic carbocycles. The molecular formula is C28H32F3N7O2Si. The van der Waals surface area contributed by atoms with Crippen LogP contribution in [0.5, 0.6) is 0 Å². The molecule has 1 amide bonds. The van der Waals surface area contributed by atoms with E-state index in [4.69, 9.17) is 15.5 Å². The second kappa shape index (κ2) is 10.8. The van der Waals surface area contributed by atoms with E-state index in [9.17, 15) is 18.0 Å². The van der Waals surface area contributed by atoms with E-state index in [0.29, 0.717) is 40.9 Å². The average Bonchev–Trinajstić information content (AvgIpc) is 3.54. The fraction of sp³-hybridized carbons (Fsp3) is 0.357. The van der Waals surface area contributed by atoms with Gasteiger partial charge in [-0.05, 0) is 49.4 Å². The highest BCUT2D eigenvalue weighted by molar-refractivity contribution is 6.76. The minimum atomic E-state index is -4.46. The zero-order valence-corrected chi connectivity index (χ0v) is 24.3.